The Morgan fingerprint density at radius 3 is 2.69 bits per heavy atom. The Kier molecular flexibility index (Phi) is 5.81. The van der Waals surface area contributed by atoms with E-state index >= 15 is 0 Å². The minimum Gasteiger partial charge on any atom is -0.311 e. The first kappa shape index (κ1) is 19.5. The molecule has 0 N–H and O–H groups in total. The number of amides is 1. The van der Waals surface area contributed by atoms with Gasteiger partial charge in [-0.3, -0.25) is 14.2 Å². The van der Waals surface area contributed by atoms with Crippen LogP contribution in [0.5, 0.6) is 0 Å². The maximum Gasteiger partial charge on any atom is 0.254 e. The largest absolute Gasteiger partial charge is 0.311 e. The van der Waals surface area contributed by atoms with E-state index in [9.17, 15) is 9.59 Å². The first-order valence-corrected chi connectivity index (χ1v) is 10.7. The van der Waals surface area contributed by atoms with E-state index in [2.05, 4.69) is 11.1 Å². The predicted octanol–water partition coefficient (Wildman–Crippen LogP) is 3.82. The number of thioether (sulfide) groups is 1. The van der Waals surface area contributed by atoms with Crippen molar-refractivity contribution in [2.24, 2.45) is 0 Å². The Morgan fingerprint density at radius 2 is 1.86 bits per heavy atom. The summed E-state index contributed by atoms with van der Waals surface area (Å²) >= 11 is 1.48. The van der Waals surface area contributed by atoms with Gasteiger partial charge in [-0.2, -0.15) is 0 Å². The molecule has 0 saturated carbocycles. The first-order chi connectivity index (χ1) is 14.1. The van der Waals surface area contributed by atoms with Gasteiger partial charge in [0.15, 0.2) is 5.16 Å². The number of aryl methyl sites for hydroxylation is 2. The van der Waals surface area contributed by atoms with Crippen LogP contribution in [0.15, 0.2) is 70.6 Å². The van der Waals surface area contributed by atoms with E-state index in [1.165, 1.54) is 28.0 Å². The quantitative estimate of drug-likeness (QED) is 0.478. The van der Waals surface area contributed by atoms with Crippen molar-refractivity contribution in [3.8, 4) is 0 Å². The monoisotopic (exact) mass is 405 g/mol. The summed E-state index contributed by atoms with van der Waals surface area (Å²) in [6.07, 6.45) is 1.91. The third-order valence-electron chi connectivity index (χ3n) is 5.02. The van der Waals surface area contributed by atoms with Crippen LogP contribution in [0.1, 0.15) is 23.2 Å². The lowest BCUT2D eigenvalue weighted by Gasteiger charge is -2.29. The van der Waals surface area contributed by atoms with Crippen LogP contribution in [-0.4, -0.2) is 22.0 Å². The average Bonchev–Trinajstić information content (AvgIpc) is 2.74. The number of hydrogen-bond donors (Lipinski definition) is 0. The lowest BCUT2D eigenvalue weighted by Crippen LogP contribution is -2.40. The SMILES string of the molecule is Cc1cc(=O)n(CC(=O)N2CCCc3ccccc32)c(SCc2ccccc2)n1. The molecular weight excluding hydrogens is 382 g/mol. The zero-order valence-corrected chi connectivity index (χ0v) is 17.2. The number of para-hydroxylation sites is 1. The third kappa shape index (κ3) is 4.43. The summed E-state index contributed by atoms with van der Waals surface area (Å²) in [5, 5.41) is 0.581. The molecule has 4 rings (SSSR count). The smallest absolute Gasteiger partial charge is 0.254 e. The highest BCUT2D eigenvalue weighted by Gasteiger charge is 2.23. The number of nitrogens with zero attached hydrogens (tertiary/aromatic N) is 3. The highest BCUT2D eigenvalue weighted by molar-refractivity contribution is 7.98. The van der Waals surface area contributed by atoms with Gasteiger partial charge < -0.3 is 4.90 Å². The molecule has 0 unspecified atom stereocenters. The molecule has 6 heteroatoms. The molecular formula is C23H23N3O2S. The normalized spacial score (nSPS) is 13.2. The van der Waals surface area contributed by atoms with Crippen LogP contribution < -0.4 is 10.5 Å². The number of carbonyl (C=O) groups is 1. The van der Waals surface area contributed by atoms with Gasteiger partial charge in [-0.05, 0) is 37.0 Å². The Hall–Kier alpha value is -2.86. The Labute approximate surface area is 174 Å². The lowest BCUT2D eigenvalue weighted by atomic mass is 10.0. The van der Waals surface area contributed by atoms with Crippen molar-refractivity contribution in [1.82, 2.24) is 9.55 Å². The van der Waals surface area contributed by atoms with Crippen molar-refractivity contribution in [3.63, 3.8) is 0 Å². The van der Waals surface area contributed by atoms with Gasteiger partial charge in [0.05, 0.1) is 0 Å². The Balaban J connectivity index is 1.58. The number of anilines is 1. The molecule has 0 fully saturated rings. The van der Waals surface area contributed by atoms with Gasteiger partial charge >= 0.3 is 0 Å². The van der Waals surface area contributed by atoms with Gasteiger partial charge in [-0.15, -0.1) is 0 Å². The molecule has 0 spiro atoms. The van der Waals surface area contributed by atoms with E-state index in [1.54, 1.807) is 11.8 Å². The molecule has 1 aliphatic rings. The fourth-order valence-corrected chi connectivity index (χ4v) is 4.59. The summed E-state index contributed by atoms with van der Waals surface area (Å²) in [6, 6.07) is 19.5. The minimum atomic E-state index is -0.188. The molecule has 0 atom stereocenters. The van der Waals surface area contributed by atoms with E-state index in [4.69, 9.17) is 0 Å². The fourth-order valence-electron chi connectivity index (χ4n) is 3.59. The molecule has 0 saturated heterocycles. The molecule has 2 heterocycles. The highest BCUT2D eigenvalue weighted by Crippen LogP contribution is 2.27. The van der Waals surface area contributed by atoms with Gasteiger partial charge in [0.1, 0.15) is 6.54 Å². The molecule has 2 aromatic carbocycles. The summed E-state index contributed by atoms with van der Waals surface area (Å²) in [5.74, 6) is 0.615. The number of aromatic nitrogens is 2. The van der Waals surface area contributed by atoms with Crippen molar-refractivity contribution in [3.05, 3.63) is 87.8 Å². The summed E-state index contributed by atoms with van der Waals surface area (Å²) < 4.78 is 1.50. The fraction of sp³-hybridized carbons (Fsp3) is 0.261. The standard InChI is InChI=1S/C23H23N3O2S/c1-17-14-21(27)26(23(24-17)29-16-18-8-3-2-4-9-18)15-22(28)25-13-7-11-19-10-5-6-12-20(19)25/h2-6,8-10,12,14H,7,11,13,15-16H2,1H3. The van der Waals surface area contributed by atoms with Gasteiger partial charge in [0.2, 0.25) is 5.91 Å². The Morgan fingerprint density at radius 1 is 1.10 bits per heavy atom. The summed E-state index contributed by atoms with van der Waals surface area (Å²) in [6.45, 7) is 2.48. The molecule has 0 radical (unpaired) electrons. The second-order valence-electron chi connectivity index (χ2n) is 7.16. The zero-order valence-electron chi connectivity index (χ0n) is 16.4. The summed E-state index contributed by atoms with van der Waals surface area (Å²) in [4.78, 5) is 32.1. The van der Waals surface area contributed by atoms with Crippen molar-refractivity contribution in [1.29, 1.82) is 0 Å². The maximum atomic E-state index is 13.1. The molecule has 0 bridgehead atoms. The van der Waals surface area contributed by atoms with E-state index in [1.807, 2.05) is 48.5 Å². The van der Waals surface area contributed by atoms with E-state index in [-0.39, 0.29) is 18.0 Å². The van der Waals surface area contributed by atoms with Crippen LogP contribution in [0.3, 0.4) is 0 Å². The molecule has 5 nitrogen and oxygen atoms in total. The zero-order chi connectivity index (χ0) is 20.2. The van der Waals surface area contributed by atoms with Crippen LogP contribution in [-0.2, 0) is 23.5 Å². The summed E-state index contributed by atoms with van der Waals surface area (Å²) in [7, 11) is 0. The second-order valence-corrected chi connectivity index (χ2v) is 8.10. The first-order valence-electron chi connectivity index (χ1n) is 9.75. The van der Waals surface area contributed by atoms with Crippen LogP contribution >= 0.6 is 11.8 Å². The molecule has 148 valence electrons. The van der Waals surface area contributed by atoms with Crippen LogP contribution in [0, 0.1) is 6.92 Å². The van der Waals surface area contributed by atoms with Gasteiger partial charge in [0.25, 0.3) is 5.56 Å². The molecule has 3 aromatic rings. The van der Waals surface area contributed by atoms with Gasteiger partial charge in [-0.25, -0.2) is 4.98 Å². The number of fused-ring (bicyclic) bond motifs is 1. The number of hydrogen-bond acceptors (Lipinski definition) is 4. The second kappa shape index (κ2) is 8.66. The number of carbonyl (C=O) groups excluding carboxylic acids is 1. The van der Waals surface area contributed by atoms with E-state index in [0.717, 1.165) is 24.1 Å². The minimum absolute atomic E-state index is 0.00241. The van der Waals surface area contributed by atoms with E-state index in [0.29, 0.717) is 23.1 Å². The maximum absolute atomic E-state index is 13.1. The topological polar surface area (TPSA) is 55.2 Å². The molecule has 1 aliphatic heterocycles. The van der Waals surface area contributed by atoms with Crippen LogP contribution in [0.4, 0.5) is 5.69 Å². The Bertz CT molecular complexity index is 1080. The van der Waals surface area contributed by atoms with Crippen molar-refractivity contribution < 1.29 is 4.79 Å². The predicted molar refractivity (Wildman–Crippen MR) is 116 cm³/mol. The van der Waals surface area contributed by atoms with Crippen LogP contribution in [0.25, 0.3) is 0 Å². The van der Waals surface area contributed by atoms with Crippen LogP contribution in [0.2, 0.25) is 0 Å². The average molecular weight is 406 g/mol. The van der Waals surface area contributed by atoms with Gasteiger partial charge in [0, 0.05) is 29.7 Å². The molecule has 0 aliphatic carbocycles. The highest BCUT2D eigenvalue weighted by atomic mass is 32.2. The third-order valence-corrected chi connectivity index (χ3v) is 6.06. The van der Waals surface area contributed by atoms with Crippen molar-refractivity contribution >= 4 is 23.4 Å². The number of benzene rings is 2. The number of rotatable bonds is 5. The molecule has 1 amide bonds. The summed E-state index contributed by atoms with van der Waals surface area (Å²) in [5.41, 5.74) is 3.76. The molecule has 1 aromatic heterocycles. The molecule has 29 heavy (non-hydrogen) atoms. The van der Waals surface area contributed by atoms with Gasteiger partial charge in [-0.1, -0.05) is 60.3 Å². The van der Waals surface area contributed by atoms with Crippen molar-refractivity contribution in [2.75, 3.05) is 11.4 Å². The lowest BCUT2D eigenvalue weighted by molar-refractivity contribution is -0.119. The van der Waals surface area contributed by atoms with Crippen molar-refractivity contribution in [2.45, 2.75) is 37.2 Å². The van der Waals surface area contributed by atoms with E-state index < -0.39 is 0 Å².